The summed E-state index contributed by atoms with van der Waals surface area (Å²) >= 11 is 1.04. The number of H-pyrrole nitrogens is 1. The second-order valence-electron chi connectivity index (χ2n) is 4.94. The maximum absolute atomic E-state index is 13.5. The minimum atomic E-state index is -1.30. The van der Waals surface area contributed by atoms with E-state index in [9.17, 15) is 13.9 Å². The minimum Gasteiger partial charge on any atom is -0.503 e. The third-order valence-electron chi connectivity index (χ3n) is 3.43. The lowest BCUT2D eigenvalue weighted by Crippen LogP contribution is -2.27. The fourth-order valence-corrected chi connectivity index (χ4v) is 3.03. The van der Waals surface area contributed by atoms with Crippen molar-refractivity contribution in [1.29, 1.82) is 0 Å². The van der Waals surface area contributed by atoms with Gasteiger partial charge in [0, 0.05) is 22.8 Å². The number of anilines is 1. The Morgan fingerprint density at radius 1 is 1.17 bits per heavy atom. The summed E-state index contributed by atoms with van der Waals surface area (Å²) in [4.78, 5) is 7.53. The highest BCUT2D eigenvalue weighted by molar-refractivity contribution is 7.98. The minimum absolute atomic E-state index is 0.00197. The lowest BCUT2D eigenvalue weighted by Gasteiger charge is -2.18. The molecule has 0 unspecified atom stereocenters. The van der Waals surface area contributed by atoms with Crippen LogP contribution in [0, 0.1) is 11.6 Å². The Morgan fingerprint density at radius 2 is 2.04 bits per heavy atom. The number of nitrogens with one attached hydrogen (secondary N) is 3. The van der Waals surface area contributed by atoms with Gasteiger partial charge in [-0.3, -0.25) is 4.72 Å². The van der Waals surface area contributed by atoms with Gasteiger partial charge in [-0.05, 0) is 42.3 Å². The van der Waals surface area contributed by atoms with Crippen LogP contribution in [0.4, 0.5) is 20.2 Å². The van der Waals surface area contributed by atoms with Gasteiger partial charge in [0.15, 0.2) is 11.6 Å². The van der Waals surface area contributed by atoms with Gasteiger partial charge < -0.3 is 15.4 Å². The van der Waals surface area contributed by atoms with Gasteiger partial charge in [0.25, 0.3) is 0 Å². The quantitative estimate of drug-likeness (QED) is 0.511. The lowest BCUT2D eigenvalue weighted by atomic mass is 10.2. The van der Waals surface area contributed by atoms with Crippen molar-refractivity contribution >= 4 is 40.2 Å². The molecular weight excluding hydrogens is 322 g/mol. The molecule has 0 radical (unpaired) electrons. The number of fused-ring (bicyclic) bond motifs is 2. The standard InChI is InChI=1S/C15H10F2N4OS/c16-9-6-11-13(14(22)12(9)17)20-15(21-23-11)19-8-1-2-10-7(5-8)3-4-18-10/h1-6,18,22H,(H2,19,20,21). The van der Waals surface area contributed by atoms with Crippen molar-refractivity contribution in [3.63, 3.8) is 0 Å². The van der Waals surface area contributed by atoms with Gasteiger partial charge in [0.1, 0.15) is 5.69 Å². The van der Waals surface area contributed by atoms with Gasteiger partial charge in [-0.25, -0.2) is 9.38 Å². The van der Waals surface area contributed by atoms with Crippen LogP contribution in [0.25, 0.3) is 10.9 Å². The van der Waals surface area contributed by atoms with Crippen LogP contribution in [0.5, 0.6) is 5.75 Å². The van der Waals surface area contributed by atoms with E-state index < -0.39 is 17.4 Å². The molecule has 0 saturated heterocycles. The molecule has 5 nitrogen and oxygen atoms in total. The predicted octanol–water partition coefficient (Wildman–Crippen LogP) is 3.86. The van der Waals surface area contributed by atoms with E-state index in [0.717, 1.165) is 34.6 Å². The summed E-state index contributed by atoms with van der Waals surface area (Å²) in [5, 5.41) is 13.8. The molecule has 1 aliphatic heterocycles. The maximum Gasteiger partial charge on any atom is 0.211 e. The summed E-state index contributed by atoms with van der Waals surface area (Å²) in [7, 11) is 0. The van der Waals surface area contributed by atoms with E-state index in [2.05, 4.69) is 20.0 Å². The summed E-state index contributed by atoms with van der Waals surface area (Å²) < 4.78 is 29.6. The van der Waals surface area contributed by atoms with Crippen LogP contribution in [0.1, 0.15) is 0 Å². The van der Waals surface area contributed by atoms with E-state index in [0.29, 0.717) is 10.9 Å². The number of aromatic hydroxyl groups is 1. The van der Waals surface area contributed by atoms with Crippen LogP contribution >= 0.6 is 11.9 Å². The summed E-state index contributed by atoms with van der Waals surface area (Å²) in [6.45, 7) is 0. The van der Waals surface area contributed by atoms with Crippen molar-refractivity contribution in [3.05, 3.63) is 48.2 Å². The van der Waals surface area contributed by atoms with Gasteiger partial charge in [-0.15, -0.1) is 0 Å². The highest BCUT2D eigenvalue weighted by Crippen LogP contribution is 2.41. The highest BCUT2D eigenvalue weighted by atomic mass is 32.2. The SMILES string of the molecule is Oc1c(F)c(F)cc2c1N=C(Nc1ccc3[nH]ccc3c1)NS2. The summed E-state index contributed by atoms with van der Waals surface area (Å²) in [6.07, 6.45) is 1.84. The number of halogens is 2. The van der Waals surface area contributed by atoms with Crippen molar-refractivity contribution in [1.82, 2.24) is 9.71 Å². The number of rotatable bonds is 1. The summed E-state index contributed by atoms with van der Waals surface area (Å²) in [6, 6.07) is 8.61. The Labute approximate surface area is 133 Å². The number of nitrogens with zero attached hydrogens (tertiary/aromatic N) is 1. The molecule has 4 N–H and O–H groups in total. The molecule has 2 heterocycles. The van der Waals surface area contributed by atoms with Gasteiger partial charge in [0.2, 0.25) is 11.8 Å². The Hall–Kier alpha value is -2.74. The summed E-state index contributed by atoms with van der Waals surface area (Å²) in [5.74, 6) is -2.89. The fraction of sp³-hybridized carbons (Fsp3) is 0. The molecule has 0 atom stereocenters. The van der Waals surface area contributed by atoms with Crippen molar-refractivity contribution in [2.75, 3.05) is 5.32 Å². The van der Waals surface area contributed by atoms with E-state index in [1.54, 1.807) is 0 Å². The molecule has 8 heteroatoms. The second-order valence-corrected chi connectivity index (χ2v) is 5.79. The van der Waals surface area contributed by atoms with Crippen LogP contribution in [-0.4, -0.2) is 16.1 Å². The smallest absolute Gasteiger partial charge is 0.211 e. The fourth-order valence-electron chi connectivity index (χ4n) is 2.33. The van der Waals surface area contributed by atoms with E-state index in [1.807, 2.05) is 30.5 Å². The van der Waals surface area contributed by atoms with Gasteiger partial charge in [-0.2, -0.15) is 4.39 Å². The largest absolute Gasteiger partial charge is 0.503 e. The van der Waals surface area contributed by atoms with E-state index >= 15 is 0 Å². The summed E-state index contributed by atoms with van der Waals surface area (Å²) in [5.41, 5.74) is 1.77. The molecule has 0 fully saturated rings. The van der Waals surface area contributed by atoms with Crippen LogP contribution < -0.4 is 10.0 Å². The van der Waals surface area contributed by atoms with Gasteiger partial charge in [-0.1, -0.05) is 0 Å². The molecule has 116 valence electrons. The third kappa shape index (κ3) is 2.36. The second kappa shape index (κ2) is 5.17. The van der Waals surface area contributed by atoms with Crippen LogP contribution in [0.2, 0.25) is 0 Å². The van der Waals surface area contributed by atoms with Crippen LogP contribution in [0.15, 0.2) is 46.4 Å². The number of aliphatic imine (C=N–C) groups is 1. The Bertz CT molecular complexity index is 954. The monoisotopic (exact) mass is 332 g/mol. The first-order valence-electron chi connectivity index (χ1n) is 6.68. The first-order chi connectivity index (χ1) is 11.1. The zero-order chi connectivity index (χ0) is 16.0. The predicted molar refractivity (Wildman–Crippen MR) is 86.0 cm³/mol. The van der Waals surface area contributed by atoms with Crippen LogP contribution in [-0.2, 0) is 0 Å². The molecule has 2 aromatic carbocycles. The van der Waals surface area contributed by atoms with Crippen LogP contribution in [0.3, 0.4) is 0 Å². The first kappa shape index (κ1) is 13.9. The zero-order valence-electron chi connectivity index (χ0n) is 11.5. The van der Waals surface area contributed by atoms with E-state index in [1.165, 1.54) is 0 Å². The van der Waals surface area contributed by atoms with Crippen molar-refractivity contribution in [2.24, 2.45) is 4.99 Å². The van der Waals surface area contributed by atoms with Gasteiger partial charge >= 0.3 is 0 Å². The number of benzene rings is 2. The van der Waals surface area contributed by atoms with Crippen molar-refractivity contribution < 1.29 is 13.9 Å². The van der Waals surface area contributed by atoms with E-state index in [4.69, 9.17) is 0 Å². The van der Waals surface area contributed by atoms with E-state index in [-0.39, 0.29) is 5.69 Å². The number of phenols is 1. The number of hydrogen-bond donors (Lipinski definition) is 4. The molecule has 23 heavy (non-hydrogen) atoms. The molecule has 0 saturated carbocycles. The molecule has 0 amide bonds. The molecule has 1 aliphatic rings. The molecule has 3 aromatic rings. The lowest BCUT2D eigenvalue weighted by molar-refractivity contribution is 0.406. The molecule has 4 rings (SSSR count). The Kier molecular flexibility index (Phi) is 3.12. The average molecular weight is 332 g/mol. The number of aromatic amines is 1. The maximum atomic E-state index is 13.5. The molecule has 1 aromatic heterocycles. The number of hydrogen-bond acceptors (Lipinski definition) is 5. The van der Waals surface area contributed by atoms with Gasteiger partial charge in [0.05, 0.1) is 4.90 Å². The topological polar surface area (TPSA) is 72.4 Å². The number of phenolic OH excluding ortho intramolecular Hbond substituents is 1. The molecular formula is C15H10F2N4OS. The Balaban J connectivity index is 1.69. The van der Waals surface area contributed by atoms with Crippen molar-refractivity contribution in [2.45, 2.75) is 4.90 Å². The molecule has 0 aliphatic carbocycles. The number of aromatic nitrogens is 1. The number of guanidine groups is 1. The average Bonchev–Trinajstić information content (AvgIpc) is 3.01. The third-order valence-corrected chi connectivity index (χ3v) is 4.26. The van der Waals surface area contributed by atoms with Crippen molar-refractivity contribution in [3.8, 4) is 5.75 Å². The normalized spacial score (nSPS) is 13.4. The first-order valence-corrected chi connectivity index (χ1v) is 7.50. The molecule has 0 spiro atoms. The highest BCUT2D eigenvalue weighted by Gasteiger charge is 2.22. The molecule has 0 bridgehead atoms. The zero-order valence-corrected chi connectivity index (χ0v) is 12.3. The Morgan fingerprint density at radius 3 is 2.91 bits per heavy atom.